The molecular formula is C60H45N3. The number of hydrogen-bond acceptors (Lipinski definition) is 3. The Kier molecular flexibility index (Phi) is 10.7. The minimum atomic E-state index is 0.955. The summed E-state index contributed by atoms with van der Waals surface area (Å²) in [5.74, 6) is 0. The molecule has 300 valence electrons. The molecule has 0 radical (unpaired) electrons. The summed E-state index contributed by atoms with van der Waals surface area (Å²) in [6.45, 7) is 6.32. The minimum Gasteiger partial charge on any atom is -0.256 e. The first kappa shape index (κ1) is 39.1. The maximum atomic E-state index is 4.96. The second-order valence-electron chi connectivity index (χ2n) is 16.3. The van der Waals surface area contributed by atoms with Crippen LogP contribution < -0.4 is 0 Å². The Bertz CT molecular complexity index is 2820. The molecule has 3 nitrogen and oxygen atoms in total. The fraction of sp³-hybridized carbons (Fsp3) is 0.0500. The molecule has 0 saturated carbocycles. The van der Waals surface area contributed by atoms with E-state index in [0.29, 0.717) is 0 Å². The van der Waals surface area contributed by atoms with Gasteiger partial charge in [-0.3, -0.25) is 15.0 Å². The highest BCUT2D eigenvalue weighted by Gasteiger charge is 2.17. The lowest BCUT2D eigenvalue weighted by Gasteiger charge is -2.18. The average molecular weight is 808 g/mol. The maximum Gasteiger partial charge on any atom is 0.0702 e. The Labute approximate surface area is 370 Å². The third-order valence-electron chi connectivity index (χ3n) is 11.9. The van der Waals surface area contributed by atoms with Gasteiger partial charge < -0.3 is 0 Å². The van der Waals surface area contributed by atoms with Crippen molar-refractivity contribution in [1.29, 1.82) is 0 Å². The van der Waals surface area contributed by atoms with E-state index >= 15 is 0 Å². The minimum absolute atomic E-state index is 0.955. The molecule has 0 aliphatic heterocycles. The number of benzene rings is 7. The number of rotatable bonds is 9. The summed E-state index contributed by atoms with van der Waals surface area (Å²) in [6, 6.07) is 71.6. The van der Waals surface area contributed by atoms with E-state index in [2.05, 4.69) is 221 Å². The molecule has 0 amide bonds. The van der Waals surface area contributed by atoms with Gasteiger partial charge in [0.15, 0.2) is 0 Å². The Hall–Kier alpha value is -8.01. The van der Waals surface area contributed by atoms with Crippen LogP contribution in [0.5, 0.6) is 0 Å². The Morgan fingerprint density at radius 2 is 0.444 bits per heavy atom. The summed E-state index contributed by atoms with van der Waals surface area (Å²) in [5.41, 5.74) is 23.2. The van der Waals surface area contributed by atoms with Crippen molar-refractivity contribution in [2.24, 2.45) is 0 Å². The summed E-state index contributed by atoms with van der Waals surface area (Å²) >= 11 is 0. The predicted molar refractivity (Wildman–Crippen MR) is 263 cm³/mol. The van der Waals surface area contributed by atoms with Crippen molar-refractivity contribution in [2.45, 2.75) is 20.8 Å². The SMILES string of the molecule is Cc1ccc(-c2ccc(-c3ccccc3-c3cc(-c4ccccc4-c4ccc(-c5ccc(C)cc5)nc4)cc(-c4ccccc4-c4ccc(-c5ccc(C)cc5)nc4)c3)cn2)cc1. The molecule has 3 aromatic heterocycles. The Morgan fingerprint density at radius 3 is 0.667 bits per heavy atom. The molecular weight excluding hydrogens is 763 g/mol. The largest absolute Gasteiger partial charge is 0.256 e. The first-order valence-electron chi connectivity index (χ1n) is 21.5. The van der Waals surface area contributed by atoms with E-state index in [1.807, 2.05) is 18.6 Å². The number of aromatic nitrogens is 3. The van der Waals surface area contributed by atoms with Crippen LogP contribution in [0.4, 0.5) is 0 Å². The van der Waals surface area contributed by atoms with Gasteiger partial charge >= 0.3 is 0 Å². The van der Waals surface area contributed by atoms with Crippen LogP contribution in [0.3, 0.4) is 0 Å². The van der Waals surface area contributed by atoms with E-state index in [4.69, 9.17) is 15.0 Å². The molecule has 10 aromatic rings. The van der Waals surface area contributed by atoms with E-state index in [1.165, 1.54) is 16.7 Å². The topological polar surface area (TPSA) is 38.7 Å². The zero-order valence-electron chi connectivity index (χ0n) is 35.6. The molecule has 0 aliphatic carbocycles. The van der Waals surface area contributed by atoms with Crippen molar-refractivity contribution in [2.75, 3.05) is 0 Å². The molecule has 0 aliphatic rings. The van der Waals surface area contributed by atoms with Crippen LogP contribution >= 0.6 is 0 Å². The van der Waals surface area contributed by atoms with Gasteiger partial charge in [0.2, 0.25) is 0 Å². The number of nitrogens with zero attached hydrogens (tertiary/aromatic N) is 3. The maximum absolute atomic E-state index is 4.96. The zero-order chi connectivity index (χ0) is 42.7. The van der Waals surface area contributed by atoms with E-state index in [0.717, 1.165) is 101 Å². The van der Waals surface area contributed by atoms with E-state index in [-0.39, 0.29) is 0 Å². The van der Waals surface area contributed by atoms with E-state index in [1.54, 1.807) is 0 Å². The molecule has 0 N–H and O–H groups in total. The number of hydrogen-bond donors (Lipinski definition) is 0. The Morgan fingerprint density at radius 1 is 0.222 bits per heavy atom. The van der Waals surface area contributed by atoms with Crippen LogP contribution in [0, 0.1) is 20.8 Å². The number of aryl methyl sites for hydroxylation is 3. The highest BCUT2D eigenvalue weighted by molar-refractivity contribution is 5.94. The van der Waals surface area contributed by atoms with Gasteiger partial charge in [-0.15, -0.1) is 0 Å². The van der Waals surface area contributed by atoms with Crippen molar-refractivity contribution >= 4 is 0 Å². The van der Waals surface area contributed by atoms with Crippen molar-refractivity contribution in [1.82, 2.24) is 15.0 Å². The van der Waals surface area contributed by atoms with Crippen molar-refractivity contribution in [3.63, 3.8) is 0 Å². The molecule has 10 rings (SSSR count). The van der Waals surface area contributed by atoms with Crippen LogP contribution in [0.25, 0.3) is 101 Å². The lowest BCUT2D eigenvalue weighted by atomic mass is 9.86. The van der Waals surface area contributed by atoms with Crippen LogP contribution in [0.15, 0.2) is 219 Å². The summed E-state index contributed by atoms with van der Waals surface area (Å²) in [5, 5.41) is 0. The molecule has 63 heavy (non-hydrogen) atoms. The lowest BCUT2D eigenvalue weighted by Crippen LogP contribution is -1.93. The normalized spacial score (nSPS) is 11.1. The molecule has 0 fully saturated rings. The van der Waals surface area contributed by atoms with Crippen molar-refractivity contribution in [3.05, 3.63) is 235 Å². The Balaban J connectivity index is 1.10. The van der Waals surface area contributed by atoms with Crippen molar-refractivity contribution in [3.8, 4) is 101 Å². The van der Waals surface area contributed by atoms with Crippen LogP contribution in [0.1, 0.15) is 16.7 Å². The average Bonchev–Trinajstić information content (AvgIpc) is 3.35. The van der Waals surface area contributed by atoms with Gasteiger partial charge in [0.05, 0.1) is 17.1 Å². The van der Waals surface area contributed by atoms with Gasteiger partial charge in [0.25, 0.3) is 0 Å². The summed E-state index contributed by atoms with van der Waals surface area (Å²) in [4.78, 5) is 14.9. The van der Waals surface area contributed by atoms with Crippen molar-refractivity contribution < 1.29 is 0 Å². The summed E-state index contributed by atoms with van der Waals surface area (Å²) in [6.07, 6.45) is 6.01. The smallest absolute Gasteiger partial charge is 0.0702 e. The second kappa shape index (κ2) is 17.2. The molecule has 3 heteroatoms. The van der Waals surface area contributed by atoms with Gasteiger partial charge in [-0.1, -0.05) is 180 Å². The van der Waals surface area contributed by atoms with E-state index < -0.39 is 0 Å². The monoisotopic (exact) mass is 807 g/mol. The van der Waals surface area contributed by atoms with Crippen LogP contribution in [-0.2, 0) is 0 Å². The fourth-order valence-corrected chi connectivity index (χ4v) is 8.40. The second-order valence-corrected chi connectivity index (χ2v) is 16.3. The molecule has 3 heterocycles. The first-order chi connectivity index (χ1) is 30.9. The molecule has 7 aromatic carbocycles. The summed E-state index contributed by atoms with van der Waals surface area (Å²) < 4.78 is 0. The third-order valence-corrected chi connectivity index (χ3v) is 11.9. The molecule has 0 spiro atoms. The van der Waals surface area contributed by atoms with Gasteiger partial charge in [-0.05, 0) is 107 Å². The predicted octanol–water partition coefficient (Wildman–Crippen LogP) is 15.8. The molecule has 0 unspecified atom stereocenters. The standard InChI is InChI=1S/C60H45N3/c1-40-16-22-43(23-17-40)58-31-28-46(37-61-58)52-10-4-7-13-55(52)49-34-50(56-14-8-5-11-53(56)47-29-32-59(62-38-47)44-24-18-41(2)19-25-44)36-51(35-49)57-15-9-6-12-54(57)48-30-33-60(63-39-48)45-26-20-42(3)21-27-45/h4-39H,1-3H3. The third kappa shape index (κ3) is 8.25. The van der Waals surface area contributed by atoms with Gasteiger partial charge in [0, 0.05) is 52.0 Å². The van der Waals surface area contributed by atoms with Crippen LogP contribution in [0.2, 0.25) is 0 Å². The highest BCUT2D eigenvalue weighted by Crippen LogP contribution is 2.42. The van der Waals surface area contributed by atoms with Gasteiger partial charge in [-0.2, -0.15) is 0 Å². The fourth-order valence-electron chi connectivity index (χ4n) is 8.40. The van der Waals surface area contributed by atoms with E-state index in [9.17, 15) is 0 Å². The quantitative estimate of drug-likeness (QED) is 0.146. The molecule has 0 atom stereocenters. The van der Waals surface area contributed by atoms with Gasteiger partial charge in [0.1, 0.15) is 0 Å². The zero-order valence-corrected chi connectivity index (χ0v) is 35.6. The molecule has 0 bridgehead atoms. The highest BCUT2D eigenvalue weighted by atomic mass is 14.7. The van der Waals surface area contributed by atoms with Gasteiger partial charge in [-0.25, -0.2) is 0 Å². The van der Waals surface area contributed by atoms with Crippen LogP contribution in [-0.4, -0.2) is 15.0 Å². The first-order valence-corrected chi connectivity index (χ1v) is 21.5. The lowest BCUT2D eigenvalue weighted by molar-refractivity contribution is 1.32. The number of pyridine rings is 3. The summed E-state index contributed by atoms with van der Waals surface area (Å²) in [7, 11) is 0. The molecule has 0 saturated heterocycles.